The third-order valence-corrected chi connectivity index (χ3v) is 14.4. The second-order valence-corrected chi connectivity index (χ2v) is 18.6. The van der Waals surface area contributed by atoms with Crippen LogP contribution in [0.5, 0.6) is 0 Å². The Bertz CT molecular complexity index is 3250. The molecule has 12 rings (SSSR count). The minimum Gasteiger partial charge on any atom is -0.310 e. The van der Waals surface area contributed by atoms with Crippen LogP contribution in [0.1, 0.15) is 74.9 Å². The molecule has 0 aliphatic heterocycles. The van der Waals surface area contributed by atoms with Crippen LogP contribution in [-0.4, -0.2) is 0 Å². The summed E-state index contributed by atoms with van der Waals surface area (Å²) >= 11 is 0. The number of para-hydroxylation sites is 1. The zero-order valence-corrected chi connectivity index (χ0v) is 34.0. The van der Waals surface area contributed by atoms with Gasteiger partial charge in [0.05, 0.1) is 0 Å². The van der Waals surface area contributed by atoms with Gasteiger partial charge in [0.1, 0.15) is 0 Å². The summed E-state index contributed by atoms with van der Waals surface area (Å²) in [5.41, 5.74) is 19.9. The first-order chi connectivity index (χ1) is 28.0. The lowest BCUT2D eigenvalue weighted by Gasteiger charge is -2.28. The maximum atomic E-state index is 2.55. The highest BCUT2D eigenvalue weighted by atomic mass is 15.1. The minimum atomic E-state index is -0.176. The minimum absolute atomic E-state index is 0.0804. The molecular weight excluding hydrogens is 699 g/mol. The van der Waals surface area contributed by atoms with Crippen molar-refractivity contribution in [2.45, 2.75) is 57.8 Å². The highest BCUT2D eigenvalue weighted by Gasteiger charge is 2.42. The monoisotopic (exact) mass is 743 g/mol. The third kappa shape index (κ3) is 4.42. The van der Waals surface area contributed by atoms with E-state index in [0.29, 0.717) is 0 Å². The number of rotatable bonds is 3. The molecule has 0 spiro atoms. The van der Waals surface area contributed by atoms with Crippen molar-refractivity contribution >= 4 is 49.4 Å². The van der Waals surface area contributed by atoms with E-state index in [0.717, 1.165) is 11.4 Å². The molecule has 0 saturated carbocycles. The van der Waals surface area contributed by atoms with Crippen molar-refractivity contribution in [3.63, 3.8) is 0 Å². The SMILES string of the molecule is CC1(C)c2cc(N(c3ccccc3)c3ccc4cc5c(cc4c3)C(C)(C)c3cc4ccccc4cc3-5)ccc2-c2cc3c(cc21)-c1c(ccc2ccccc12)C3(C)C. The Morgan fingerprint density at radius 3 is 1.52 bits per heavy atom. The molecule has 9 aromatic rings. The van der Waals surface area contributed by atoms with Crippen molar-refractivity contribution in [2.75, 3.05) is 4.90 Å². The molecule has 0 unspecified atom stereocenters. The van der Waals surface area contributed by atoms with Gasteiger partial charge in [-0.2, -0.15) is 0 Å². The highest BCUT2D eigenvalue weighted by Crippen LogP contribution is 2.58. The van der Waals surface area contributed by atoms with Gasteiger partial charge in [0, 0.05) is 33.3 Å². The first-order valence-electron chi connectivity index (χ1n) is 20.8. The smallest absolute Gasteiger partial charge is 0.0468 e. The summed E-state index contributed by atoms with van der Waals surface area (Å²) in [5, 5.41) is 7.79. The van der Waals surface area contributed by atoms with Crippen LogP contribution >= 0.6 is 0 Å². The lowest BCUT2D eigenvalue weighted by molar-refractivity contribution is 0.652. The maximum absolute atomic E-state index is 2.55. The normalized spacial score (nSPS) is 15.8. The Kier molecular flexibility index (Phi) is 6.60. The molecule has 0 atom stereocenters. The van der Waals surface area contributed by atoms with Gasteiger partial charge in [0.25, 0.3) is 0 Å². The van der Waals surface area contributed by atoms with Crippen LogP contribution in [0.25, 0.3) is 65.7 Å². The lowest BCUT2D eigenvalue weighted by Crippen LogP contribution is -2.17. The Hall–Kier alpha value is -6.44. The summed E-state index contributed by atoms with van der Waals surface area (Å²) in [6.07, 6.45) is 0. The van der Waals surface area contributed by atoms with Gasteiger partial charge >= 0.3 is 0 Å². The van der Waals surface area contributed by atoms with Gasteiger partial charge in [-0.25, -0.2) is 0 Å². The van der Waals surface area contributed by atoms with E-state index >= 15 is 0 Å². The van der Waals surface area contributed by atoms with Crippen LogP contribution in [-0.2, 0) is 16.2 Å². The molecule has 0 saturated heterocycles. The van der Waals surface area contributed by atoms with Gasteiger partial charge in [-0.15, -0.1) is 0 Å². The molecule has 0 amide bonds. The summed E-state index contributed by atoms with van der Waals surface area (Å²) in [6, 6.07) is 62.2. The van der Waals surface area contributed by atoms with E-state index in [1.807, 2.05) is 0 Å². The van der Waals surface area contributed by atoms with Crippen LogP contribution in [0, 0.1) is 0 Å². The number of hydrogen-bond acceptors (Lipinski definition) is 1. The van der Waals surface area contributed by atoms with Gasteiger partial charge in [0.15, 0.2) is 0 Å². The van der Waals surface area contributed by atoms with Crippen LogP contribution < -0.4 is 4.90 Å². The van der Waals surface area contributed by atoms with E-state index in [4.69, 9.17) is 0 Å². The van der Waals surface area contributed by atoms with E-state index in [1.165, 1.54) is 105 Å². The lowest BCUT2D eigenvalue weighted by atomic mass is 9.79. The third-order valence-electron chi connectivity index (χ3n) is 14.4. The van der Waals surface area contributed by atoms with E-state index in [1.54, 1.807) is 0 Å². The predicted molar refractivity (Wildman–Crippen MR) is 246 cm³/mol. The Labute approximate surface area is 341 Å². The molecule has 0 bridgehead atoms. The van der Waals surface area contributed by atoms with Crippen LogP contribution in [0.15, 0.2) is 164 Å². The van der Waals surface area contributed by atoms with E-state index < -0.39 is 0 Å². The van der Waals surface area contributed by atoms with E-state index in [9.17, 15) is 0 Å². The molecule has 0 N–H and O–H groups in total. The molecule has 1 heteroatoms. The molecule has 58 heavy (non-hydrogen) atoms. The largest absolute Gasteiger partial charge is 0.310 e. The number of anilines is 3. The van der Waals surface area contributed by atoms with Gasteiger partial charge < -0.3 is 4.90 Å². The molecule has 0 aromatic heterocycles. The zero-order chi connectivity index (χ0) is 39.3. The van der Waals surface area contributed by atoms with Gasteiger partial charge in [-0.05, 0) is 172 Å². The van der Waals surface area contributed by atoms with Crippen molar-refractivity contribution in [1.29, 1.82) is 0 Å². The molecular formula is C57H45N. The second kappa shape index (κ2) is 11.4. The van der Waals surface area contributed by atoms with E-state index in [2.05, 4.69) is 210 Å². The fourth-order valence-electron chi connectivity index (χ4n) is 11.2. The fourth-order valence-corrected chi connectivity index (χ4v) is 11.2. The fraction of sp³-hybridized carbons (Fsp3) is 0.158. The molecule has 0 radical (unpaired) electrons. The van der Waals surface area contributed by atoms with Crippen LogP contribution in [0.2, 0.25) is 0 Å². The molecule has 0 heterocycles. The van der Waals surface area contributed by atoms with Gasteiger partial charge in [0.2, 0.25) is 0 Å². The first-order valence-corrected chi connectivity index (χ1v) is 20.8. The summed E-state index contributed by atoms with van der Waals surface area (Å²) in [5.74, 6) is 0. The Morgan fingerprint density at radius 2 is 0.776 bits per heavy atom. The van der Waals surface area contributed by atoms with Gasteiger partial charge in [-0.3, -0.25) is 0 Å². The Morgan fingerprint density at radius 1 is 0.293 bits per heavy atom. The average Bonchev–Trinajstić information content (AvgIpc) is 3.70. The van der Waals surface area contributed by atoms with Crippen molar-refractivity contribution < 1.29 is 0 Å². The standard InChI is InChI=1S/C57H45N/c1-55(2)48-25-21-34-14-12-13-19-42(34)54(48)47-33-52-46(32-53(47)55)43-24-23-41(31-51(43)57(52,5)6)58(39-17-8-7-9-18-39)40-22-20-37-28-45-44-27-35-15-10-11-16-36(35)29-49(44)56(3,4)50(45)30-38(37)26-40/h7-33H,1-6H3. The first kappa shape index (κ1) is 33.7. The van der Waals surface area contributed by atoms with Crippen LogP contribution in [0.3, 0.4) is 0 Å². The number of nitrogens with zero attached hydrogens (tertiary/aromatic N) is 1. The second-order valence-electron chi connectivity index (χ2n) is 18.6. The highest BCUT2D eigenvalue weighted by molar-refractivity contribution is 6.04. The zero-order valence-electron chi connectivity index (χ0n) is 34.0. The summed E-state index contributed by atoms with van der Waals surface area (Å²) in [4.78, 5) is 2.45. The average molecular weight is 744 g/mol. The maximum Gasteiger partial charge on any atom is 0.0468 e. The number of fused-ring (bicyclic) bond motifs is 13. The Balaban J connectivity index is 0.992. The summed E-state index contributed by atoms with van der Waals surface area (Å²) < 4.78 is 0. The summed E-state index contributed by atoms with van der Waals surface area (Å²) in [7, 11) is 0. The predicted octanol–water partition coefficient (Wildman–Crippen LogP) is 15.5. The molecule has 9 aromatic carbocycles. The van der Waals surface area contributed by atoms with Crippen molar-refractivity contribution in [2.24, 2.45) is 0 Å². The van der Waals surface area contributed by atoms with E-state index in [-0.39, 0.29) is 16.2 Å². The number of hydrogen-bond donors (Lipinski definition) is 0. The van der Waals surface area contributed by atoms with Crippen molar-refractivity contribution in [1.82, 2.24) is 0 Å². The van der Waals surface area contributed by atoms with Crippen molar-refractivity contribution in [3.05, 3.63) is 197 Å². The molecule has 1 nitrogen and oxygen atoms in total. The molecule has 3 aliphatic rings. The molecule has 3 aliphatic carbocycles. The quantitative estimate of drug-likeness (QED) is 0.174. The van der Waals surface area contributed by atoms with Gasteiger partial charge in [-0.1, -0.05) is 133 Å². The van der Waals surface area contributed by atoms with Crippen LogP contribution in [0.4, 0.5) is 17.1 Å². The molecule has 0 fully saturated rings. The summed E-state index contributed by atoms with van der Waals surface area (Å²) in [6.45, 7) is 14.4. The van der Waals surface area contributed by atoms with Crippen molar-refractivity contribution in [3.8, 4) is 33.4 Å². The number of benzene rings is 9. The molecule has 278 valence electrons. The topological polar surface area (TPSA) is 3.24 Å².